The number of amides is 3. The first-order valence-electron chi connectivity index (χ1n) is 12.8. The molecule has 1 aromatic rings. The number of nitrogens with zero attached hydrogens (tertiary/aromatic N) is 2. The molecule has 8 heteroatoms. The highest BCUT2D eigenvalue weighted by molar-refractivity contribution is 6.30. The lowest BCUT2D eigenvalue weighted by atomic mass is 9.94. The van der Waals surface area contributed by atoms with Crippen LogP contribution in [0.5, 0.6) is 0 Å². The van der Waals surface area contributed by atoms with E-state index in [1.807, 2.05) is 45.0 Å². The number of carbonyl (C=O) groups excluding carboxylic acids is 3. The van der Waals surface area contributed by atoms with Gasteiger partial charge in [0.1, 0.15) is 6.04 Å². The van der Waals surface area contributed by atoms with E-state index in [2.05, 4.69) is 19.2 Å². The van der Waals surface area contributed by atoms with Crippen molar-refractivity contribution >= 4 is 29.3 Å². The predicted molar refractivity (Wildman–Crippen MR) is 142 cm³/mol. The van der Waals surface area contributed by atoms with Crippen LogP contribution in [0, 0.1) is 11.3 Å². The third-order valence-electron chi connectivity index (χ3n) is 5.44. The number of hydrogen-bond donors (Lipinski definition) is 2. The Balaban J connectivity index is 0.000000633. The normalized spacial score (nSPS) is 18.4. The lowest BCUT2D eigenvalue weighted by Crippen LogP contribution is -2.47. The largest absolute Gasteiger partial charge is 0.368 e. The van der Waals surface area contributed by atoms with Gasteiger partial charge in [0.15, 0.2) is 0 Å². The molecule has 4 rings (SSSR count). The highest BCUT2D eigenvalue weighted by atomic mass is 35.5. The van der Waals surface area contributed by atoms with E-state index < -0.39 is 17.4 Å². The second kappa shape index (κ2) is 17.8. The van der Waals surface area contributed by atoms with Crippen LogP contribution in [0.4, 0.5) is 0 Å². The monoisotopic (exact) mass is 506 g/mol. The third-order valence-corrected chi connectivity index (χ3v) is 5.67. The molecule has 3 fully saturated rings. The molecule has 7 nitrogen and oxygen atoms in total. The molecule has 0 spiro atoms. The summed E-state index contributed by atoms with van der Waals surface area (Å²) in [5.41, 5.74) is 5.86. The van der Waals surface area contributed by atoms with Gasteiger partial charge in [-0.1, -0.05) is 64.8 Å². The van der Waals surface area contributed by atoms with E-state index in [1.165, 1.54) is 6.42 Å². The molecule has 0 bridgehead atoms. The summed E-state index contributed by atoms with van der Waals surface area (Å²) in [7, 11) is 0. The highest BCUT2D eigenvalue weighted by Gasteiger charge is 2.54. The minimum atomic E-state index is -0.483. The standard InChI is InChI=1S/C15H17ClN2O2.C4H7NO.C3H5N.C3H8.C2H6/c16-11-4-1-3-10(9-11)15(6-7-15)14(20)18-8-2-5-12(18)13(17)19;6-4-2-1-3-5-4;1-2-3-4;1-3-2;1-2/h1,3-4,9,12H,2,5-8H2,(H2,17,19);1-3H2,(H,5,6);2H2,1H3;3H2,1-2H3;1-2H3/t12-;;;;/m0..../s1. The lowest BCUT2D eigenvalue weighted by Gasteiger charge is -2.27. The van der Waals surface area contributed by atoms with Crippen molar-refractivity contribution in [3.63, 3.8) is 0 Å². The molecule has 2 saturated heterocycles. The zero-order valence-corrected chi connectivity index (χ0v) is 22.8. The van der Waals surface area contributed by atoms with Crippen LogP contribution in [0.3, 0.4) is 0 Å². The topological polar surface area (TPSA) is 116 Å². The number of nitriles is 1. The summed E-state index contributed by atoms with van der Waals surface area (Å²) in [5, 5.41) is 10.9. The molecule has 3 N–H and O–H groups in total. The number of carbonyl (C=O) groups is 3. The van der Waals surface area contributed by atoms with Gasteiger partial charge in [0, 0.05) is 31.0 Å². The lowest BCUT2D eigenvalue weighted by molar-refractivity contribution is -0.139. The van der Waals surface area contributed by atoms with Crippen molar-refractivity contribution in [3.8, 4) is 6.07 Å². The van der Waals surface area contributed by atoms with Crippen molar-refractivity contribution in [2.24, 2.45) is 5.73 Å². The van der Waals surface area contributed by atoms with E-state index >= 15 is 0 Å². The highest BCUT2D eigenvalue weighted by Crippen LogP contribution is 2.50. The summed E-state index contributed by atoms with van der Waals surface area (Å²) in [4.78, 5) is 36.1. The van der Waals surface area contributed by atoms with Crippen LogP contribution in [0.2, 0.25) is 5.02 Å². The van der Waals surface area contributed by atoms with E-state index in [4.69, 9.17) is 22.6 Å². The molecule has 1 aromatic carbocycles. The van der Waals surface area contributed by atoms with Gasteiger partial charge in [-0.05, 0) is 49.8 Å². The maximum atomic E-state index is 12.8. The minimum Gasteiger partial charge on any atom is -0.368 e. The van der Waals surface area contributed by atoms with Crippen LogP contribution in [0.15, 0.2) is 24.3 Å². The van der Waals surface area contributed by atoms with Gasteiger partial charge in [-0.2, -0.15) is 5.26 Å². The average Bonchev–Trinajstić information content (AvgIpc) is 3.26. The first-order valence-corrected chi connectivity index (χ1v) is 13.1. The number of hydrogen-bond acceptors (Lipinski definition) is 4. The summed E-state index contributed by atoms with van der Waals surface area (Å²) >= 11 is 6.02. The van der Waals surface area contributed by atoms with E-state index in [9.17, 15) is 14.4 Å². The number of rotatable bonds is 3. The Bertz CT molecular complexity index is 826. The second-order valence-corrected chi connectivity index (χ2v) is 8.76. The Hall–Kier alpha value is -2.59. The molecule has 1 atom stereocenters. The van der Waals surface area contributed by atoms with Crippen molar-refractivity contribution in [1.29, 1.82) is 5.26 Å². The van der Waals surface area contributed by atoms with Gasteiger partial charge in [-0.3, -0.25) is 14.4 Å². The zero-order chi connectivity index (χ0) is 26.9. The second-order valence-electron chi connectivity index (χ2n) is 8.32. The summed E-state index contributed by atoms with van der Waals surface area (Å²) < 4.78 is 0. The maximum Gasteiger partial charge on any atom is 0.240 e. The molecule has 2 aliphatic heterocycles. The van der Waals surface area contributed by atoms with Gasteiger partial charge in [0.25, 0.3) is 0 Å². The Morgan fingerprint density at radius 3 is 2.20 bits per heavy atom. The van der Waals surface area contributed by atoms with Crippen LogP contribution in [-0.2, 0) is 19.8 Å². The van der Waals surface area contributed by atoms with Crippen LogP contribution in [0.25, 0.3) is 0 Å². The first kappa shape index (κ1) is 32.4. The third kappa shape index (κ3) is 10.7. The van der Waals surface area contributed by atoms with E-state index in [-0.39, 0.29) is 11.8 Å². The average molecular weight is 507 g/mol. The fraction of sp³-hybridized carbons (Fsp3) is 0.630. The van der Waals surface area contributed by atoms with Crippen molar-refractivity contribution in [3.05, 3.63) is 34.9 Å². The van der Waals surface area contributed by atoms with Crippen molar-refractivity contribution < 1.29 is 14.4 Å². The van der Waals surface area contributed by atoms with Gasteiger partial charge in [-0.15, -0.1) is 0 Å². The number of nitrogens with two attached hydrogens (primary N) is 1. The fourth-order valence-electron chi connectivity index (χ4n) is 3.68. The van der Waals surface area contributed by atoms with E-state index in [0.717, 1.165) is 44.2 Å². The summed E-state index contributed by atoms with van der Waals surface area (Å²) in [5.74, 6) is -0.172. The summed E-state index contributed by atoms with van der Waals surface area (Å²) in [6.45, 7) is 11.6. The number of nitrogens with one attached hydrogen (secondary N) is 1. The summed E-state index contributed by atoms with van der Waals surface area (Å²) in [6.07, 6.45) is 6.78. The fourth-order valence-corrected chi connectivity index (χ4v) is 3.87. The molecule has 0 aromatic heterocycles. The van der Waals surface area contributed by atoms with Gasteiger partial charge in [-0.25, -0.2) is 0 Å². The first-order chi connectivity index (χ1) is 16.8. The molecule has 3 aliphatic rings. The summed E-state index contributed by atoms with van der Waals surface area (Å²) in [6, 6.07) is 8.93. The molecule has 1 aliphatic carbocycles. The Morgan fingerprint density at radius 1 is 1.23 bits per heavy atom. The SMILES string of the molecule is CC.CCC.CCC#N.NC(=O)[C@@H]1CCCN1C(=O)C1(c2cccc(Cl)c2)CC1.O=C1CCCN1. The number of primary amides is 1. The number of likely N-dealkylation sites (tertiary alicyclic amines) is 1. The molecular weight excluding hydrogens is 464 g/mol. The molecule has 0 radical (unpaired) electrons. The van der Waals surface area contributed by atoms with Gasteiger partial charge in [0.2, 0.25) is 17.7 Å². The van der Waals surface area contributed by atoms with E-state index in [0.29, 0.717) is 24.4 Å². The maximum absolute atomic E-state index is 12.8. The van der Waals surface area contributed by atoms with Crippen LogP contribution < -0.4 is 11.1 Å². The minimum absolute atomic E-state index is 0.0288. The Morgan fingerprint density at radius 2 is 1.83 bits per heavy atom. The molecule has 2 heterocycles. The smallest absolute Gasteiger partial charge is 0.240 e. The number of halogens is 1. The van der Waals surface area contributed by atoms with Crippen molar-refractivity contribution in [2.75, 3.05) is 13.1 Å². The van der Waals surface area contributed by atoms with Crippen molar-refractivity contribution in [2.45, 2.75) is 97.4 Å². The molecule has 3 amide bonds. The molecule has 1 saturated carbocycles. The van der Waals surface area contributed by atoms with Gasteiger partial charge in [0.05, 0.1) is 11.5 Å². The van der Waals surface area contributed by atoms with Crippen LogP contribution >= 0.6 is 11.6 Å². The van der Waals surface area contributed by atoms with Gasteiger partial charge >= 0.3 is 0 Å². The molecule has 196 valence electrons. The number of benzene rings is 1. The van der Waals surface area contributed by atoms with Gasteiger partial charge < -0.3 is 16.0 Å². The Labute approximate surface area is 216 Å². The zero-order valence-electron chi connectivity index (χ0n) is 22.0. The van der Waals surface area contributed by atoms with Crippen LogP contribution in [-0.4, -0.2) is 41.8 Å². The van der Waals surface area contributed by atoms with Crippen LogP contribution in [0.1, 0.15) is 91.5 Å². The van der Waals surface area contributed by atoms with E-state index in [1.54, 1.807) is 11.0 Å². The quantitative estimate of drug-likeness (QED) is 0.592. The Kier molecular flexibility index (Phi) is 16.5. The predicted octanol–water partition coefficient (Wildman–Crippen LogP) is 5.11. The molecule has 0 unspecified atom stereocenters. The molecular formula is C27H43ClN4O3. The van der Waals surface area contributed by atoms with Crippen molar-refractivity contribution in [1.82, 2.24) is 10.2 Å². The molecule has 35 heavy (non-hydrogen) atoms.